The predicted octanol–water partition coefficient (Wildman–Crippen LogP) is 0.873. The molecule has 94 valence electrons. The van der Waals surface area contributed by atoms with Crippen LogP contribution in [0, 0.1) is 0 Å². The molecule has 0 saturated heterocycles. The summed E-state index contributed by atoms with van der Waals surface area (Å²) in [5.41, 5.74) is 0.948. The highest BCUT2D eigenvalue weighted by Gasteiger charge is 2.11. The number of carbonyl (C=O) groups is 1. The van der Waals surface area contributed by atoms with Crippen molar-refractivity contribution in [1.29, 1.82) is 0 Å². The number of rotatable bonds is 3. The molecule has 0 saturated carbocycles. The van der Waals surface area contributed by atoms with Crippen molar-refractivity contribution >= 4 is 15.6 Å². The first-order chi connectivity index (χ1) is 8.38. The van der Waals surface area contributed by atoms with Crippen molar-refractivity contribution in [3.8, 4) is 5.69 Å². The number of ketones is 1. The maximum absolute atomic E-state index is 11.3. The lowest BCUT2D eigenvalue weighted by Gasteiger charge is -2.00. The monoisotopic (exact) mass is 265 g/mol. The molecular formula is C11H11N3O3S. The summed E-state index contributed by atoms with van der Waals surface area (Å²) in [6, 6.07) is 3.22. The van der Waals surface area contributed by atoms with E-state index in [1.165, 1.54) is 30.2 Å². The van der Waals surface area contributed by atoms with Gasteiger partial charge in [-0.05, 0) is 12.1 Å². The summed E-state index contributed by atoms with van der Waals surface area (Å²) < 4.78 is 24.0. The molecule has 2 heterocycles. The summed E-state index contributed by atoms with van der Waals surface area (Å²) in [5.74, 6) is -0.126. The Morgan fingerprint density at radius 2 is 2.00 bits per heavy atom. The van der Waals surface area contributed by atoms with Crippen LogP contribution in [0.5, 0.6) is 0 Å². The average Bonchev–Trinajstić information content (AvgIpc) is 2.78. The fourth-order valence-electron chi connectivity index (χ4n) is 1.37. The van der Waals surface area contributed by atoms with Crippen molar-refractivity contribution in [2.24, 2.45) is 0 Å². The standard InChI is InChI=1S/C11H11N3O3S/c1-8(15)11-4-3-9(5-12-11)14-7-10(6-13-14)18(2,16)17/h3-7H,1-2H3. The first-order valence-electron chi connectivity index (χ1n) is 5.10. The minimum Gasteiger partial charge on any atom is -0.293 e. The van der Waals surface area contributed by atoms with Crippen molar-refractivity contribution < 1.29 is 13.2 Å². The molecule has 0 unspecified atom stereocenters. The molecule has 2 aromatic rings. The zero-order valence-corrected chi connectivity index (χ0v) is 10.7. The van der Waals surface area contributed by atoms with E-state index in [2.05, 4.69) is 10.1 Å². The molecule has 0 amide bonds. The lowest BCUT2D eigenvalue weighted by molar-refractivity contribution is 0.101. The van der Waals surface area contributed by atoms with Crippen LogP contribution in [0.2, 0.25) is 0 Å². The lowest BCUT2D eigenvalue weighted by atomic mass is 10.2. The van der Waals surface area contributed by atoms with Gasteiger partial charge in [0.25, 0.3) is 0 Å². The SMILES string of the molecule is CC(=O)c1ccc(-n2cc(S(C)(=O)=O)cn2)cn1. The number of Topliss-reactive ketones (excluding diaryl/α,β-unsaturated/α-hetero) is 1. The highest BCUT2D eigenvalue weighted by atomic mass is 32.2. The molecular weight excluding hydrogens is 254 g/mol. The summed E-state index contributed by atoms with van der Waals surface area (Å²) in [5, 5.41) is 3.94. The molecule has 0 aliphatic rings. The van der Waals surface area contributed by atoms with Crippen molar-refractivity contribution in [2.45, 2.75) is 11.8 Å². The third-order valence-corrected chi connectivity index (χ3v) is 3.43. The van der Waals surface area contributed by atoms with Crippen molar-refractivity contribution in [1.82, 2.24) is 14.8 Å². The van der Waals surface area contributed by atoms with Crippen molar-refractivity contribution in [3.05, 3.63) is 36.4 Å². The molecule has 18 heavy (non-hydrogen) atoms. The van der Waals surface area contributed by atoms with Gasteiger partial charge in [0.15, 0.2) is 15.6 Å². The Morgan fingerprint density at radius 3 is 2.44 bits per heavy atom. The zero-order chi connectivity index (χ0) is 13.3. The van der Waals surface area contributed by atoms with Gasteiger partial charge in [0.2, 0.25) is 0 Å². The quantitative estimate of drug-likeness (QED) is 0.769. The Morgan fingerprint density at radius 1 is 1.28 bits per heavy atom. The number of pyridine rings is 1. The van der Waals surface area contributed by atoms with Crippen LogP contribution in [0.3, 0.4) is 0 Å². The number of carbonyl (C=O) groups excluding carboxylic acids is 1. The summed E-state index contributed by atoms with van der Waals surface area (Å²) in [4.78, 5) is 15.2. The van der Waals surface area contributed by atoms with Gasteiger partial charge in [0.1, 0.15) is 10.6 Å². The smallest absolute Gasteiger partial charge is 0.178 e. The second kappa shape index (κ2) is 4.34. The number of aromatic nitrogens is 3. The van der Waals surface area contributed by atoms with Crippen LogP contribution in [0.25, 0.3) is 5.69 Å². The number of nitrogens with zero attached hydrogens (tertiary/aromatic N) is 3. The zero-order valence-electron chi connectivity index (χ0n) is 9.86. The molecule has 6 nitrogen and oxygen atoms in total. The summed E-state index contributed by atoms with van der Waals surface area (Å²) in [7, 11) is -3.27. The third kappa shape index (κ3) is 2.45. The molecule has 0 radical (unpaired) electrons. The molecule has 0 N–H and O–H groups in total. The second-order valence-corrected chi connectivity index (χ2v) is 5.87. The first kappa shape index (κ1) is 12.4. The van der Waals surface area contributed by atoms with Crippen LogP contribution in [-0.4, -0.2) is 35.2 Å². The maximum atomic E-state index is 11.3. The van der Waals surface area contributed by atoms with Gasteiger partial charge in [0.05, 0.1) is 18.1 Å². The largest absolute Gasteiger partial charge is 0.293 e. The number of hydrogen-bond acceptors (Lipinski definition) is 5. The summed E-state index contributed by atoms with van der Waals surface area (Å²) in [6.45, 7) is 1.43. The van der Waals surface area contributed by atoms with E-state index in [0.717, 1.165) is 6.26 Å². The minimum atomic E-state index is -3.27. The maximum Gasteiger partial charge on any atom is 0.178 e. The molecule has 0 aliphatic carbocycles. The normalized spacial score (nSPS) is 11.4. The molecule has 0 aromatic carbocycles. The summed E-state index contributed by atoms with van der Waals surface area (Å²) in [6.07, 6.45) is 5.26. The molecule has 0 bridgehead atoms. The van der Waals surface area contributed by atoms with Gasteiger partial charge in [0, 0.05) is 19.4 Å². The summed E-state index contributed by atoms with van der Waals surface area (Å²) >= 11 is 0. The Balaban J connectivity index is 2.38. The Hall–Kier alpha value is -2.02. The number of hydrogen-bond donors (Lipinski definition) is 0. The second-order valence-electron chi connectivity index (χ2n) is 3.85. The van der Waals surface area contributed by atoms with Gasteiger partial charge >= 0.3 is 0 Å². The molecule has 7 heteroatoms. The number of sulfone groups is 1. The van der Waals surface area contributed by atoms with E-state index in [1.54, 1.807) is 12.1 Å². The minimum absolute atomic E-state index is 0.126. The predicted molar refractivity (Wildman–Crippen MR) is 64.5 cm³/mol. The van der Waals surface area contributed by atoms with Crippen LogP contribution in [-0.2, 0) is 9.84 Å². The van der Waals surface area contributed by atoms with E-state index < -0.39 is 9.84 Å². The third-order valence-electron chi connectivity index (χ3n) is 2.36. The van der Waals surface area contributed by atoms with Gasteiger partial charge in [-0.1, -0.05) is 0 Å². The van der Waals surface area contributed by atoms with Gasteiger partial charge in [-0.15, -0.1) is 0 Å². The average molecular weight is 265 g/mol. The first-order valence-corrected chi connectivity index (χ1v) is 6.99. The van der Waals surface area contributed by atoms with E-state index in [0.29, 0.717) is 11.4 Å². The molecule has 0 aliphatic heterocycles. The fraction of sp³-hybridized carbons (Fsp3) is 0.182. The molecule has 0 atom stereocenters. The van der Waals surface area contributed by atoms with E-state index in [-0.39, 0.29) is 10.7 Å². The van der Waals surface area contributed by atoms with Gasteiger partial charge in [-0.2, -0.15) is 5.10 Å². The van der Waals surface area contributed by atoms with Crippen molar-refractivity contribution in [2.75, 3.05) is 6.26 Å². The van der Waals surface area contributed by atoms with E-state index in [9.17, 15) is 13.2 Å². The Kier molecular flexibility index (Phi) is 3.00. The van der Waals surface area contributed by atoms with Crippen LogP contribution >= 0.6 is 0 Å². The van der Waals surface area contributed by atoms with Gasteiger partial charge < -0.3 is 0 Å². The van der Waals surface area contributed by atoms with E-state index >= 15 is 0 Å². The van der Waals surface area contributed by atoms with E-state index in [1.807, 2.05) is 0 Å². The molecule has 0 spiro atoms. The van der Waals surface area contributed by atoms with Crippen molar-refractivity contribution in [3.63, 3.8) is 0 Å². The van der Waals surface area contributed by atoms with Gasteiger partial charge in [-0.25, -0.2) is 13.1 Å². The van der Waals surface area contributed by atoms with Crippen LogP contribution in [0.15, 0.2) is 35.6 Å². The van der Waals surface area contributed by atoms with Crippen LogP contribution in [0.1, 0.15) is 17.4 Å². The van der Waals surface area contributed by atoms with Crippen LogP contribution in [0.4, 0.5) is 0 Å². The molecule has 0 fully saturated rings. The molecule has 2 aromatic heterocycles. The lowest BCUT2D eigenvalue weighted by Crippen LogP contribution is -2.00. The highest BCUT2D eigenvalue weighted by molar-refractivity contribution is 7.90. The highest BCUT2D eigenvalue weighted by Crippen LogP contribution is 2.11. The van der Waals surface area contributed by atoms with Crippen LogP contribution < -0.4 is 0 Å². The topological polar surface area (TPSA) is 81.9 Å². The fourth-order valence-corrected chi connectivity index (χ4v) is 1.90. The Labute approximate surface area is 104 Å². The van der Waals surface area contributed by atoms with Gasteiger partial charge in [-0.3, -0.25) is 9.78 Å². The Bertz CT molecular complexity index is 687. The molecule has 2 rings (SSSR count). The van der Waals surface area contributed by atoms with E-state index in [4.69, 9.17) is 0 Å².